The van der Waals surface area contributed by atoms with Gasteiger partial charge in [-0.2, -0.15) is 0 Å². The molecule has 0 aliphatic heterocycles. The molecule has 0 saturated carbocycles. The summed E-state index contributed by atoms with van der Waals surface area (Å²) >= 11 is 0. The zero-order chi connectivity index (χ0) is 5.98. The number of hydrogen-bond acceptors (Lipinski definition) is 1. The Labute approximate surface area is 47.6 Å². The van der Waals surface area contributed by atoms with Gasteiger partial charge in [-0.25, -0.2) is 0 Å². The van der Waals surface area contributed by atoms with Crippen LogP contribution in [0.3, 0.4) is 0 Å². The molecule has 0 atom stereocenters. The average molecular weight is 108 g/mol. The van der Waals surface area contributed by atoms with Crippen LogP contribution in [0, 0.1) is 0 Å². The van der Waals surface area contributed by atoms with E-state index in [0.717, 1.165) is 0 Å². The van der Waals surface area contributed by atoms with Gasteiger partial charge < -0.3 is 5.11 Å². The summed E-state index contributed by atoms with van der Waals surface area (Å²) in [6.45, 7) is 0. The predicted molar refractivity (Wildman–Crippen MR) is 30.9 cm³/mol. The number of rotatable bonds is 0. The van der Waals surface area contributed by atoms with Crippen LogP contribution in [-0.4, -0.2) is 5.11 Å². The summed E-state index contributed by atoms with van der Waals surface area (Å²) in [6, 6.07) is 6.42. The van der Waals surface area contributed by atoms with Crippen molar-refractivity contribution in [3.05, 3.63) is 24.3 Å². The molecule has 2 N–H and O–H groups in total. The minimum atomic E-state index is 0.0347. The normalized spacial score (nSPS) is 9.00. The highest BCUT2D eigenvalue weighted by Gasteiger charge is 1.88. The van der Waals surface area contributed by atoms with Crippen LogP contribution in [0.15, 0.2) is 24.3 Å². The van der Waals surface area contributed by atoms with Crippen LogP contribution < -0.4 is 5.73 Å². The van der Waals surface area contributed by atoms with Gasteiger partial charge >= 0.3 is 0 Å². The molecule has 1 aromatic carbocycles. The lowest BCUT2D eigenvalue weighted by molar-refractivity contribution is 0.476. The number of aromatic hydroxyl groups is 1. The molecule has 41 valence electrons. The van der Waals surface area contributed by atoms with E-state index in [1.165, 1.54) is 12.1 Å². The van der Waals surface area contributed by atoms with Crippen LogP contribution in [-0.2, 0) is 0 Å². The van der Waals surface area contributed by atoms with Crippen molar-refractivity contribution in [3.8, 4) is 5.75 Å². The van der Waals surface area contributed by atoms with Crippen molar-refractivity contribution in [1.82, 2.24) is 5.73 Å². The molecule has 0 heterocycles. The molecule has 0 bridgehead atoms. The Kier molecular flexibility index (Phi) is 1.08. The molecule has 0 unspecified atom stereocenters. The van der Waals surface area contributed by atoms with Gasteiger partial charge in [0.15, 0.2) is 0 Å². The highest BCUT2D eigenvalue weighted by atomic mass is 16.3. The highest BCUT2D eigenvalue weighted by molar-refractivity contribution is 5.47. The average Bonchev–Trinajstić information content (AvgIpc) is 1.77. The van der Waals surface area contributed by atoms with E-state index in [0.29, 0.717) is 0 Å². The Bertz CT molecular complexity index is 165. The van der Waals surface area contributed by atoms with E-state index in [9.17, 15) is 0 Å². The molecule has 0 aliphatic rings. The number of nitrogens with one attached hydrogen (secondary N) is 1. The second-order valence-corrected chi connectivity index (χ2v) is 1.52. The standard InChI is InChI=1S/C6H6NO/c7-5-3-1-2-4-6(5)8/h1-4,7-8H. The van der Waals surface area contributed by atoms with Crippen LogP contribution in [0.1, 0.15) is 0 Å². The highest BCUT2D eigenvalue weighted by Crippen LogP contribution is 2.17. The third kappa shape index (κ3) is 0.729. The van der Waals surface area contributed by atoms with Crippen LogP contribution in [0.4, 0.5) is 5.69 Å². The van der Waals surface area contributed by atoms with E-state index < -0.39 is 0 Å². The summed E-state index contributed by atoms with van der Waals surface area (Å²) in [6.07, 6.45) is 0. The summed E-state index contributed by atoms with van der Waals surface area (Å²) in [5, 5.41) is 8.73. The first-order valence-corrected chi connectivity index (χ1v) is 2.30. The number of para-hydroxylation sites is 1. The van der Waals surface area contributed by atoms with Crippen molar-refractivity contribution in [1.29, 1.82) is 0 Å². The number of benzene rings is 1. The van der Waals surface area contributed by atoms with Gasteiger partial charge in [-0.1, -0.05) is 12.1 Å². The molecule has 1 rings (SSSR count). The van der Waals surface area contributed by atoms with Gasteiger partial charge in [0.2, 0.25) is 0 Å². The Morgan fingerprint density at radius 3 is 2.25 bits per heavy atom. The summed E-state index contributed by atoms with van der Waals surface area (Å²) in [5.41, 5.74) is 7.14. The molecule has 0 saturated heterocycles. The minimum Gasteiger partial charge on any atom is -0.506 e. The maximum atomic E-state index is 8.73. The zero-order valence-electron chi connectivity index (χ0n) is 4.26. The maximum Gasteiger partial charge on any atom is 0.140 e. The van der Waals surface area contributed by atoms with E-state index in [1.807, 2.05) is 0 Å². The van der Waals surface area contributed by atoms with Gasteiger partial charge in [0.25, 0.3) is 0 Å². The van der Waals surface area contributed by atoms with E-state index in [1.54, 1.807) is 12.1 Å². The van der Waals surface area contributed by atoms with Crippen molar-refractivity contribution in [3.63, 3.8) is 0 Å². The smallest absolute Gasteiger partial charge is 0.140 e. The maximum absolute atomic E-state index is 8.73. The molecule has 2 heteroatoms. The summed E-state index contributed by atoms with van der Waals surface area (Å²) in [7, 11) is 0. The van der Waals surface area contributed by atoms with Gasteiger partial charge in [0, 0.05) is 0 Å². The van der Waals surface area contributed by atoms with Gasteiger partial charge in [0.05, 0.1) is 5.69 Å². The second kappa shape index (κ2) is 1.74. The Morgan fingerprint density at radius 1 is 1.25 bits per heavy atom. The van der Waals surface area contributed by atoms with E-state index >= 15 is 0 Å². The van der Waals surface area contributed by atoms with E-state index in [4.69, 9.17) is 10.8 Å². The van der Waals surface area contributed by atoms with Gasteiger partial charge in [0.1, 0.15) is 5.75 Å². The lowest BCUT2D eigenvalue weighted by Gasteiger charge is -1.91. The van der Waals surface area contributed by atoms with Crippen molar-refractivity contribution >= 4 is 5.69 Å². The molecular formula is C6H6NO. The molecule has 1 radical (unpaired) electrons. The quantitative estimate of drug-likeness (QED) is 0.500. The first-order valence-electron chi connectivity index (χ1n) is 2.30. The van der Waals surface area contributed by atoms with Crippen molar-refractivity contribution in [2.24, 2.45) is 0 Å². The Morgan fingerprint density at radius 2 is 1.88 bits per heavy atom. The Balaban J connectivity index is 3.13. The van der Waals surface area contributed by atoms with E-state index in [2.05, 4.69) is 0 Å². The first-order chi connectivity index (χ1) is 3.80. The van der Waals surface area contributed by atoms with Crippen LogP contribution >= 0.6 is 0 Å². The molecule has 1 aromatic rings. The summed E-state index contributed by atoms with van der Waals surface area (Å²) in [4.78, 5) is 0. The molecule has 0 fully saturated rings. The molecule has 8 heavy (non-hydrogen) atoms. The molecule has 0 spiro atoms. The number of phenolic OH excluding ortho intramolecular Hbond substituents is 1. The molecule has 0 aromatic heterocycles. The van der Waals surface area contributed by atoms with Crippen molar-refractivity contribution < 1.29 is 5.11 Å². The summed E-state index contributed by atoms with van der Waals surface area (Å²) < 4.78 is 0. The third-order valence-corrected chi connectivity index (χ3v) is 0.904. The zero-order valence-corrected chi connectivity index (χ0v) is 4.26. The monoisotopic (exact) mass is 108 g/mol. The first kappa shape index (κ1) is 4.97. The lowest BCUT2D eigenvalue weighted by atomic mass is 10.3. The van der Waals surface area contributed by atoms with Crippen molar-refractivity contribution in [2.45, 2.75) is 0 Å². The van der Waals surface area contributed by atoms with Crippen molar-refractivity contribution in [2.75, 3.05) is 0 Å². The molecular weight excluding hydrogens is 102 g/mol. The van der Waals surface area contributed by atoms with E-state index in [-0.39, 0.29) is 11.4 Å². The largest absolute Gasteiger partial charge is 0.506 e. The molecule has 0 aliphatic carbocycles. The number of hydrogen-bond donors (Lipinski definition) is 1. The molecule has 2 nitrogen and oxygen atoms in total. The lowest BCUT2D eigenvalue weighted by Crippen LogP contribution is -1.67. The van der Waals surface area contributed by atoms with Crippen LogP contribution in [0.5, 0.6) is 5.75 Å². The van der Waals surface area contributed by atoms with Gasteiger partial charge in [-0.3, -0.25) is 5.73 Å². The third-order valence-electron chi connectivity index (χ3n) is 0.904. The molecule has 0 amide bonds. The number of phenols is 1. The minimum absolute atomic E-state index is 0.0347. The second-order valence-electron chi connectivity index (χ2n) is 1.52. The van der Waals surface area contributed by atoms with Crippen LogP contribution in [0.2, 0.25) is 0 Å². The summed E-state index contributed by atoms with van der Waals surface area (Å²) in [5.74, 6) is 0.0347. The van der Waals surface area contributed by atoms with Gasteiger partial charge in [-0.05, 0) is 12.1 Å². The Hall–Kier alpha value is -1.18. The fraction of sp³-hybridized carbons (Fsp3) is 0. The predicted octanol–water partition coefficient (Wildman–Crippen LogP) is 1.31. The fourth-order valence-corrected chi connectivity index (χ4v) is 0.474. The SMILES string of the molecule is [NH]c1ccccc1O. The van der Waals surface area contributed by atoms with Gasteiger partial charge in [-0.15, -0.1) is 0 Å². The van der Waals surface area contributed by atoms with Crippen LogP contribution in [0.25, 0.3) is 0 Å². The fourth-order valence-electron chi connectivity index (χ4n) is 0.474. The topological polar surface area (TPSA) is 44.0 Å².